The van der Waals surface area contributed by atoms with Gasteiger partial charge in [0.1, 0.15) is 0 Å². The SMILES string of the molecule is NCc1csc(C(N)=O)c1-c1ccccc1. The van der Waals surface area contributed by atoms with Crippen LogP contribution in [-0.4, -0.2) is 5.91 Å². The maximum Gasteiger partial charge on any atom is 0.259 e. The second kappa shape index (κ2) is 4.47. The molecule has 0 saturated carbocycles. The summed E-state index contributed by atoms with van der Waals surface area (Å²) in [6, 6.07) is 9.69. The third kappa shape index (κ3) is 1.85. The fraction of sp³-hybridized carbons (Fsp3) is 0.0833. The second-order valence-corrected chi connectivity index (χ2v) is 4.28. The van der Waals surface area contributed by atoms with Crippen molar-refractivity contribution in [2.45, 2.75) is 6.54 Å². The van der Waals surface area contributed by atoms with E-state index in [-0.39, 0.29) is 0 Å². The summed E-state index contributed by atoms with van der Waals surface area (Å²) in [6.45, 7) is 0.411. The number of carbonyl (C=O) groups is 1. The first-order valence-electron chi connectivity index (χ1n) is 4.89. The molecule has 82 valence electrons. The highest BCUT2D eigenvalue weighted by atomic mass is 32.1. The largest absolute Gasteiger partial charge is 0.365 e. The maximum absolute atomic E-state index is 11.3. The molecule has 0 saturated heterocycles. The fourth-order valence-corrected chi connectivity index (χ4v) is 2.60. The normalized spacial score (nSPS) is 10.3. The van der Waals surface area contributed by atoms with Crippen LogP contribution in [-0.2, 0) is 6.54 Å². The van der Waals surface area contributed by atoms with Gasteiger partial charge in [0.15, 0.2) is 0 Å². The van der Waals surface area contributed by atoms with Gasteiger partial charge < -0.3 is 11.5 Å². The van der Waals surface area contributed by atoms with Gasteiger partial charge in [-0.25, -0.2) is 0 Å². The molecule has 2 aromatic rings. The molecule has 2 rings (SSSR count). The Hall–Kier alpha value is -1.65. The van der Waals surface area contributed by atoms with Gasteiger partial charge in [-0.2, -0.15) is 0 Å². The highest BCUT2D eigenvalue weighted by molar-refractivity contribution is 7.12. The number of hydrogen-bond acceptors (Lipinski definition) is 3. The van der Waals surface area contributed by atoms with Crippen LogP contribution in [0, 0.1) is 0 Å². The summed E-state index contributed by atoms with van der Waals surface area (Å²) in [5, 5.41) is 1.89. The molecule has 1 amide bonds. The van der Waals surface area contributed by atoms with Crippen molar-refractivity contribution in [3.63, 3.8) is 0 Å². The van der Waals surface area contributed by atoms with Crippen molar-refractivity contribution in [2.75, 3.05) is 0 Å². The predicted molar refractivity (Wildman–Crippen MR) is 66.2 cm³/mol. The molecular weight excluding hydrogens is 220 g/mol. The minimum atomic E-state index is -0.399. The van der Waals surface area contributed by atoms with E-state index in [0.29, 0.717) is 11.4 Å². The molecule has 4 heteroatoms. The van der Waals surface area contributed by atoms with Gasteiger partial charge in [-0.05, 0) is 16.5 Å². The lowest BCUT2D eigenvalue weighted by atomic mass is 10.0. The number of nitrogens with two attached hydrogens (primary N) is 2. The van der Waals surface area contributed by atoms with E-state index in [4.69, 9.17) is 11.5 Å². The van der Waals surface area contributed by atoms with E-state index >= 15 is 0 Å². The Morgan fingerprint density at radius 2 is 1.94 bits per heavy atom. The van der Waals surface area contributed by atoms with E-state index in [2.05, 4.69) is 0 Å². The van der Waals surface area contributed by atoms with Gasteiger partial charge in [-0.15, -0.1) is 11.3 Å². The number of primary amides is 1. The summed E-state index contributed by atoms with van der Waals surface area (Å²) in [5.74, 6) is -0.399. The highest BCUT2D eigenvalue weighted by Crippen LogP contribution is 2.32. The summed E-state index contributed by atoms with van der Waals surface area (Å²) in [7, 11) is 0. The number of carbonyl (C=O) groups excluding carboxylic acids is 1. The number of benzene rings is 1. The van der Waals surface area contributed by atoms with Crippen molar-refractivity contribution in [3.05, 3.63) is 46.2 Å². The Kier molecular flexibility index (Phi) is 3.03. The van der Waals surface area contributed by atoms with Crippen LogP contribution in [0.1, 0.15) is 15.2 Å². The molecule has 0 radical (unpaired) electrons. The van der Waals surface area contributed by atoms with Gasteiger partial charge in [0.2, 0.25) is 0 Å². The molecule has 1 aromatic heterocycles. The molecule has 0 aliphatic rings. The van der Waals surface area contributed by atoms with Crippen molar-refractivity contribution in [1.29, 1.82) is 0 Å². The quantitative estimate of drug-likeness (QED) is 0.849. The van der Waals surface area contributed by atoms with Crippen LogP contribution in [0.3, 0.4) is 0 Å². The molecule has 0 unspecified atom stereocenters. The third-order valence-corrected chi connectivity index (χ3v) is 3.42. The van der Waals surface area contributed by atoms with Gasteiger partial charge in [0.05, 0.1) is 4.88 Å². The topological polar surface area (TPSA) is 69.1 Å². The first kappa shape index (κ1) is 10.9. The van der Waals surface area contributed by atoms with Crippen LogP contribution in [0.15, 0.2) is 35.7 Å². The minimum Gasteiger partial charge on any atom is -0.365 e. The number of rotatable bonds is 3. The van der Waals surface area contributed by atoms with E-state index in [9.17, 15) is 4.79 Å². The van der Waals surface area contributed by atoms with Crippen LogP contribution in [0.4, 0.5) is 0 Å². The molecule has 16 heavy (non-hydrogen) atoms. The highest BCUT2D eigenvalue weighted by Gasteiger charge is 2.16. The van der Waals surface area contributed by atoms with Crippen molar-refractivity contribution < 1.29 is 4.79 Å². The molecule has 0 bridgehead atoms. The van der Waals surface area contributed by atoms with Crippen molar-refractivity contribution in [2.24, 2.45) is 11.5 Å². The summed E-state index contributed by atoms with van der Waals surface area (Å²) in [5.41, 5.74) is 13.8. The molecule has 1 heterocycles. The Balaban J connectivity index is 2.62. The fourth-order valence-electron chi connectivity index (χ4n) is 1.65. The Morgan fingerprint density at radius 3 is 2.50 bits per heavy atom. The van der Waals surface area contributed by atoms with Crippen molar-refractivity contribution in [1.82, 2.24) is 0 Å². The van der Waals surface area contributed by atoms with E-state index in [0.717, 1.165) is 16.7 Å². The molecule has 1 aromatic carbocycles. The van der Waals surface area contributed by atoms with Gasteiger partial charge in [0, 0.05) is 12.1 Å². The smallest absolute Gasteiger partial charge is 0.259 e. The molecule has 0 spiro atoms. The van der Waals surface area contributed by atoms with Gasteiger partial charge in [-0.1, -0.05) is 30.3 Å². The number of amides is 1. The molecule has 0 fully saturated rings. The van der Waals surface area contributed by atoms with E-state index in [1.54, 1.807) is 0 Å². The Morgan fingerprint density at radius 1 is 1.25 bits per heavy atom. The lowest BCUT2D eigenvalue weighted by molar-refractivity contribution is 0.100. The van der Waals surface area contributed by atoms with Gasteiger partial charge >= 0.3 is 0 Å². The van der Waals surface area contributed by atoms with Crippen molar-refractivity contribution in [3.8, 4) is 11.1 Å². The summed E-state index contributed by atoms with van der Waals surface area (Å²) in [4.78, 5) is 11.9. The molecule has 0 atom stereocenters. The molecule has 4 N–H and O–H groups in total. The van der Waals surface area contributed by atoms with Crippen molar-refractivity contribution >= 4 is 17.2 Å². The molecule has 3 nitrogen and oxygen atoms in total. The Labute approximate surface area is 97.7 Å². The van der Waals surface area contributed by atoms with E-state index < -0.39 is 5.91 Å². The van der Waals surface area contributed by atoms with Crippen LogP contribution >= 0.6 is 11.3 Å². The van der Waals surface area contributed by atoms with Crippen LogP contribution < -0.4 is 11.5 Å². The summed E-state index contributed by atoms with van der Waals surface area (Å²) in [6.07, 6.45) is 0. The molecule has 0 aliphatic carbocycles. The first-order chi connectivity index (χ1) is 7.74. The zero-order chi connectivity index (χ0) is 11.5. The second-order valence-electron chi connectivity index (χ2n) is 3.40. The van der Waals surface area contributed by atoms with Crippen LogP contribution in [0.5, 0.6) is 0 Å². The van der Waals surface area contributed by atoms with Gasteiger partial charge in [0.25, 0.3) is 5.91 Å². The molecule has 0 aliphatic heterocycles. The molecular formula is C12H12N2OS. The average molecular weight is 232 g/mol. The average Bonchev–Trinajstić information content (AvgIpc) is 2.73. The number of thiophene rings is 1. The minimum absolute atomic E-state index is 0.399. The predicted octanol–water partition coefficient (Wildman–Crippen LogP) is 1.97. The monoisotopic (exact) mass is 232 g/mol. The van der Waals surface area contributed by atoms with E-state index in [1.165, 1.54) is 11.3 Å². The van der Waals surface area contributed by atoms with Gasteiger partial charge in [-0.3, -0.25) is 4.79 Å². The zero-order valence-electron chi connectivity index (χ0n) is 8.64. The summed E-state index contributed by atoms with van der Waals surface area (Å²) < 4.78 is 0. The standard InChI is InChI=1S/C12H12N2OS/c13-6-9-7-16-11(12(14)15)10(9)8-4-2-1-3-5-8/h1-5,7H,6,13H2,(H2,14,15). The first-order valence-corrected chi connectivity index (χ1v) is 5.77. The maximum atomic E-state index is 11.3. The van der Waals surface area contributed by atoms with Crippen LogP contribution in [0.25, 0.3) is 11.1 Å². The summed E-state index contributed by atoms with van der Waals surface area (Å²) >= 11 is 1.35. The number of hydrogen-bond donors (Lipinski definition) is 2. The van der Waals surface area contributed by atoms with Crippen LogP contribution in [0.2, 0.25) is 0 Å². The Bertz CT molecular complexity index is 505. The lowest BCUT2D eigenvalue weighted by Crippen LogP contribution is -2.10. The zero-order valence-corrected chi connectivity index (χ0v) is 9.46. The third-order valence-electron chi connectivity index (χ3n) is 2.37. The lowest BCUT2D eigenvalue weighted by Gasteiger charge is -2.04. The van der Waals surface area contributed by atoms with E-state index in [1.807, 2.05) is 35.7 Å².